The monoisotopic (exact) mass is 897 g/mol. The lowest BCUT2D eigenvalue weighted by molar-refractivity contribution is 0.587. The minimum Gasteiger partial charge on any atom is -0.309 e. The lowest BCUT2D eigenvalue weighted by atomic mass is 9.65. The Morgan fingerprint density at radius 2 is 1.20 bits per heavy atom. The number of benzene rings is 9. The molecule has 2 unspecified atom stereocenters. The standard InChI is InChI=1S/C67H47NS/c1-39-16-13-24-55-63(39)64-49(20-14-25-56(64)67(55)54-23-9-11-28-60(54)68-59-27-10-6-18-47(59)50-21-15-26-57(67)65(50)68)51-36-42(43-32-35-62-52(37-43)48-19-7-12-29-61(48)69-62)31-33-44(51)40(2)41-30-34-46-45-17-5-8-22-53(45)66(3,4)58(46)38-41/h5-37,41H,2,38H2,1,3-4H3. The van der Waals surface area contributed by atoms with Crippen molar-refractivity contribution in [3.05, 3.63) is 257 Å². The molecule has 2 aromatic heterocycles. The van der Waals surface area contributed by atoms with Crippen LogP contribution in [0.15, 0.2) is 212 Å². The molecule has 0 saturated carbocycles. The second-order valence-electron chi connectivity index (χ2n) is 20.4. The summed E-state index contributed by atoms with van der Waals surface area (Å²) in [7, 11) is 0. The maximum Gasteiger partial charge on any atom is 0.0754 e. The van der Waals surface area contributed by atoms with Gasteiger partial charge < -0.3 is 4.57 Å². The van der Waals surface area contributed by atoms with E-state index in [1.807, 2.05) is 11.3 Å². The maximum atomic E-state index is 5.08. The molecule has 1 spiro atoms. The molecule has 0 amide bonds. The van der Waals surface area contributed by atoms with Crippen LogP contribution in [-0.4, -0.2) is 4.57 Å². The smallest absolute Gasteiger partial charge is 0.0754 e. The molecule has 11 aromatic rings. The number of thiophene rings is 1. The zero-order valence-electron chi connectivity index (χ0n) is 38.9. The molecule has 3 heterocycles. The highest BCUT2D eigenvalue weighted by atomic mass is 32.1. The zero-order chi connectivity index (χ0) is 45.9. The fraction of sp³-hybridized carbons (Fsp3) is 0.104. The summed E-state index contributed by atoms with van der Waals surface area (Å²) in [5.74, 6) is 0.150. The summed E-state index contributed by atoms with van der Waals surface area (Å²) in [4.78, 5) is 0. The number of nitrogens with zero attached hydrogens (tertiary/aromatic N) is 1. The van der Waals surface area contributed by atoms with E-state index in [-0.39, 0.29) is 11.3 Å². The van der Waals surface area contributed by atoms with Crippen molar-refractivity contribution < 1.29 is 0 Å². The molecule has 3 aliphatic carbocycles. The molecule has 0 saturated heterocycles. The van der Waals surface area contributed by atoms with Crippen molar-refractivity contribution in [2.24, 2.45) is 5.92 Å². The third-order valence-corrected chi connectivity index (χ3v) is 17.9. The summed E-state index contributed by atoms with van der Waals surface area (Å²) in [6.45, 7) is 12.2. The van der Waals surface area contributed by atoms with Gasteiger partial charge in [0, 0.05) is 42.3 Å². The van der Waals surface area contributed by atoms with E-state index in [9.17, 15) is 0 Å². The van der Waals surface area contributed by atoms with Gasteiger partial charge in [0.15, 0.2) is 0 Å². The quantitative estimate of drug-likeness (QED) is 0.166. The van der Waals surface area contributed by atoms with Crippen LogP contribution in [0.2, 0.25) is 0 Å². The number of allylic oxidation sites excluding steroid dienone is 5. The Morgan fingerprint density at radius 3 is 2.10 bits per heavy atom. The van der Waals surface area contributed by atoms with Crippen LogP contribution in [0.4, 0.5) is 0 Å². The number of rotatable bonds is 4. The van der Waals surface area contributed by atoms with E-state index in [4.69, 9.17) is 6.58 Å². The summed E-state index contributed by atoms with van der Waals surface area (Å²) in [5, 5.41) is 5.22. The van der Waals surface area contributed by atoms with Gasteiger partial charge in [-0.1, -0.05) is 190 Å². The number of fused-ring (bicyclic) bond motifs is 17. The van der Waals surface area contributed by atoms with Crippen LogP contribution in [0, 0.1) is 12.8 Å². The molecular weight excluding hydrogens is 851 g/mol. The average molecular weight is 898 g/mol. The van der Waals surface area contributed by atoms with Crippen molar-refractivity contribution in [2.75, 3.05) is 0 Å². The molecule has 69 heavy (non-hydrogen) atoms. The van der Waals surface area contributed by atoms with Crippen molar-refractivity contribution in [1.82, 2.24) is 4.57 Å². The lowest BCUT2D eigenvalue weighted by Crippen LogP contribution is -2.33. The number of aromatic nitrogens is 1. The molecule has 1 nitrogen and oxygen atoms in total. The van der Waals surface area contributed by atoms with Crippen molar-refractivity contribution in [3.8, 4) is 39.1 Å². The Bertz CT molecular complexity index is 4180. The zero-order valence-corrected chi connectivity index (χ0v) is 39.7. The van der Waals surface area contributed by atoms with Crippen LogP contribution in [0.3, 0.4) is 0 Å². The van der Waals surface area contributed by atoms with Crippen LogP contribution in [-0.2, 0) is 10.8 Å². The first-order valence-corrected chi connectivity index (χ1v) is 25.3. The van der Waals surface area contributed by atoms with Gasteiger partial charge in [0.2, 0.25) is 0 Å². The van der Waals surface area contributed by atoms with E-state index in [1.54, 1.807) is 0 Å². The SMILES string of the molecule is C=C(c1ccc(-c2ccc3sc4ccccc4c3c2)cc1-c1cccc2c1-c1c(C)cccc1C21c2ccccc2-n2c3ccccc3c3cccc1c32)C1C=CC2=C(C1)C(C)(C)c1ccccc12. The summed E-state index contributed by atoms with van der Waals surface area (Å²) < 4.78 is 5.19. The van der Waals surface area contributed by atoms with E-state index in [1.165, 1.54) is 137 Å². The van der Waals surface area contributed by atoms with Gasteiger partial charge in [0.1, 0.15) is 0 Å². The van der Waals surface area contributed by atoms with Crippen molar-refractivity contribution in [1.29, 1.82) is 0 Å². The van der Waals surface area contributed by atoms with E-state index in [0.29, 0.717) is 0 Å². The first kappa shape index (κ1) is 39.2. The Hall–Kier alpha value is -7.78. The van der Waals surface area contributed by atoms with Gasteiger partial charge in [-0.25, -0.2) is 0 Å². The van der Waals surface area contributed by atoms with E-state index in [2.05, 4.69) is 226 Å². The molecule has 4 aliphatic rings. The van der Waals surface area contributed by atoms with Gasteiger partial charge in [-0.15, -0.1) is 11.3 Å². The van der Waals surface area contributed by atoms with Crippen molar-refractivity contribution in [3.63, 3.8) is 0 Å². The maximum absolute atomic E-state index is 5.08. The number of para-hydroxylation sites is 3. The average Bonchev–Trinajstić information content (AvgIpc) is 4.10. The highest BCUT2D eigenvalue weighted by molar-refractivity contribution is 7.25. The number of hydrogen-bond acceptors (Lipinski definition) is 1. The Balaban J connectivity index is 0.988. The molecule has 1 aliphatic heterocycles. The third-order valence-electron chi connectivity index (χ3n) is 16.7. The van der Waals surface area contributed by atoms with Crippen LogP contribution < -0.4 is 0 Å². The van der Waals surface area contributed by atoms with Crippen molar-refractivity contribution >= 4 is 64.5 Å². The van der Waals surface area contributed by atoms with Gasteiger partial charge in [0.25, 0.3) is 0 Å². The molecule has 0 N–H and O–H groups in total. The van der Waals surface area contributed by atoms with E-state index >= 15 is 0 Å². The molecule has 2 atom stereocenters. The van der Waals surface area contributed by atoms with Crippen LogP contribution >= 0.6 is 11.3 Å². The lowest BCUT2D eigenvalue weighted by Gasteiger charge is -2.39. The van der Waals surface area contributed by atoms with Gasteiger partial charge in [-0.3, -0.25) is 0 Å². The molecule has 15 rings (SSSR count). The van der Waals surface area contributed by atoms with Crippen LogP contribution in [0.1, 0.15) is 64.8 Å². The largest absolute Gasteiger partial charge is 0.309 e. The summed E-state index contributed by atoms with van der Waals surface area (Å²) in [6, 6.07) is 71.6. The van der Waals surface area contributed by atoms with Gasteiger partial charge >= 0.3 is 0 Å². The van der Waals surface area contributed by atoms with Gasteiger partial charge in [-0.05, 0) is 139 Å². The number of aryl methyl sites for hydroxylation is 1. The molecule has 0 fully saturated rings. The van der Waals surface area contributed by atoms with Crippen molar-refractivity contribution in [2.45, 2.75) is 38.0 Å². The van der Waals surface area contributed by atoms with Crippen LogP contribution in [0.5, 0.6) is 0 Å². The normalized spacial score (nSPS) is 18.0. The molecule has 0 radical (unpaired) electrons. The Labute approximate surface area is 406 Å². The highest BCUT2D eigenvalue weighted by Gasteiger charge is 2.52. The van der Waals surface area contributed by atoms with Crippen LogP contribution in [0.25, 0.3) is 92.2 Å². The molecule has 0 bridgehead atoms. The first-order valence-electron chi connectivity index (χ1n) is 24.5. The fourth-order valence-corrected chi connectivity index (χ4v) is 14.7. The summed E-state index contributed by atoms with van der Waals surface area (Å²) >= 11 is 1.88. The number of hydrogen-bond donors (Lipinski definition) is 0. The molecular formula is C67H47NS. The molecule has 326 valence electrons. The van der Waals surface area contributed by atoms with E-state index in [0.717, 1.165) is 12.0 Å². The van der Waals surface area contributed by atoms with Gasteiger partial charge in [0.05, 0.1) is 22.1 Å². The Kier molecular flexibility index (Phi) is 7.91. The predicted octanol–water partition coefficient (Wildman–Crippen LogP) is 17.8. The second kappa shape index (κ2) is 13.9. The predicted molar refractivity (Wildman–Crippen MR) is 293 cm³/mol. The topological polar surface area (TPSA) is 4.93 Å². The first-order chi connectivity index (χ1) is 33.8. The summed E-state index contributed by atoms with van der Waals surface area (Å²) in [6.07, 6.45) is 5.79. The third kappa shape index (κ3) is 5.04. The minimum absolute atomic E-state index is 0.0486. The molecule has 9 aromatic carbocycles. The Morgan fingerprint density at radius 1 is 0.551 bits per heavy atom. The van der Waals surface area contributed by atoms with Gasteiger partial charge in [-0.2, -0.15) is 0 Å². The second-order valence-corrected chi connectivity index (χ2v) is 21.5. The summed E-state index contributed by atoms with van der Waals surface area (Å²) in [5.41, 5.74) is 25.5. The van der Waals surface area contributed by atoms with E-state index < -0.39 is 5.41 Å². The molecule has 2 heteroatoms. The fourth-order valence-electron chi connectivity index (χ4n) is 13.7. The minimum atomic E-state index is -0.551. The highest BCUT2D eigenvalue weighted by Crippen LogP contribution is 2.63.